The summed E-state index contributed by atoms with van der Waals surface area (Å²) in [5, 5.41) is 13.7. The Labute approximate surface area is 225 Å². The number of nitrogens with zero attached hydrogens (tertiary/aromatic N) is 2. The van der Waals surface area contributed by atoms with E-state index in [2.05, 4.69) is 82.7 Å². The fourth-order valence-corrected chi connectivity index (χ4v) is 3.53. The molecule has 2 aromatic carbocycles. The third-order valence-corrected chi connectivity index (χ3v) is 5.19. The van der Waals surface area contributed by atoms with Gasteiger partial charge < -0.3 is 15.3 Å². The van der Waals surface area contributed by atoms with Gasteiger partial charge in [0.1, 0.15) is 11.5 Å². The van der Waals surface area contributed by atoms with Crippen molar-refractivity contribution in [2.24, 2.45) is 10.9 Å². The van der Waals surface area contributed by atoms with Crippen LogP contribution in [0.25, 0.3) is 0 Å². The van der Waals surface area contributed by atoms with Gasteiger partial charge in [0.05, 0.1) is 11.4 Å². The number of hydrogen-bond donors (Lipinski definition) is 2. The fourth-order valence-electron chi connectivity index (χ4n) is 3.53. The molecule has 0 fully saturated rings. The van der Waals surface area contributed by atoms with E-state index in [0.717, 1.165) is 29.4 Å². The number of anilines is 2. The van der Waals surface area contributed by atoms with Gasteiger partial charge in [-0.3, -0.25) is 4.79 Å². The Hall–Kier alpha value is -3.34. The minimum absolute atomic E-state index is 0.0817. The Bertz CT molecular complexity index is 1070. The molecule has 0 aromatic heterocycles. The molecule has 2 aromatic rings. The molecule has 0 bridgehead atoms. The number of carbonyl (C=O) groups excluding carboxylic acids is 1. The van der Waals surface area contributed by atoms with Gasteiger partial charge in [0.2, 0.25) is 5.78 Å². The van der Waals surface area contributed by atoms with E-state index in [9.17, 15) is 9.90 Å². The Morgan fingerprint density at radius 1 is 0.892 bits per heavy atom. The van der Waals surface area contributed by atoms with Crippen LogP contribution >= 0.6 is 0 Å². The summed E-state index contributed by atoms with van der Waals surface area (Å²) in [7, 11) is 0. The van der Waals surface area contributed by atoms with E-state index >= 15 is 0 Å². The molecule has 202 valence electrons. The molecular weight excluding hydrogens is 458 g/mol. The van der Waals surface area contributed by atoms with Crippen molar-refractivity contribution in [3.63, 3.8) is 0 Å². The quantitative estimate of drug-likeness (QED) is 0.385. The number of ketones is 1. The summed E-state index contributed by atoms with van der Waals surface area (Å²) in [5.74, 6) is 0.448. The van der Waals surface area contributed by atoms with Gasteiger partial charge >= 0.3 is 0 Å². The molecule has 2 N–H and O–H groups in total. The highest BCUT2D eigenvalue weighted by molar-refractivity contribution is 6.51. The molecule has 0 saturated heterocycles. The zero-order valence-electron chi connectivity index (χ0n) is 24.5. The zero-order valence-corrected chi connectivity index (χ0v) is 24.5. The molecule has 0 unspecified atom stereocenters. The number of nitrogens with one attached hydrogen (secondary N) is 1. The maximum absolute atomic E-state index is 12.5. The normalized spacial score (nSPS) is 14.1. The van der Waals surface area contributed by atoms with E-state index in [0.29, 0.717) is 28.7 Å². The maximum Gasteiger partial charge on any atom is 0.208 e. The van der Waals surface area contributed by atoms with Crippen molar-refractivity contribution in [1.29, 1.82) is 0 Å². The molecule has 0 spiro atoms. The molecule has 3 rings (SSSR count). The second kappa shape index (κ2) is 15.7. The lowest BCUT2D eigenvalue weighted by Gasteiger charge is -2.27. The van der Waals surface area contributed by atoms with E-state index in [4.69, 9.17) is 0 Å². The van der Waals surface area contributed by atoms with Crippen LogP contribution in [-0.2, 0) is 4.79 Å². The first-order valence-corrected chi connectivity index (χ1v) is 13.4. The number of aliphatic imine (C=N–C) groups is 1. The first kappa shape index (κ1) is 31.7. The second-order valence-electron chi connectivity index (χ2n) is 10.2. The topological polar surface area (TPSA) is 64.9 Å². The Kier molecular flexibility index (Phi) is 13.4. The summed E-state index contributed by atoms with van der Waals surface area (Å²) >= 11 is 0. The molecule has 0 radical (unpaired) electrons. The SMILES string of the molecule is CC(C)C.CCC.CCN(c1ccc(NC2=C(C)C(=Nc3ccc(C)cc3)C(=O)C=C2O)cc1)C(C)C. The summed E-state index contributed by atoms with van der Waals surface area (Å²) in [4.78, 5) is 19.3. The lowest BCUT2D eigenvalue weighted by Crippen LogP contribution is -2.30. The van der Waals surface area contributed by atoms with Crippen molar-refractivity contribution in [1.82, 2.24) is 0 Å². The van der Waals surface area contributed by atoms with Crippen LogP contribution in [0.4, 0.5) is 17.1 Å². The van der Waals surface area contributed by atoms with Gasteiger partial charge in [-0.15, -0.1) is 0 Å². The number of aliphatic hydroxyl groups is 1. The average Bonchev–Trinajstić information content (AvgIpc) is 2.82. The molecule has 0 heterocycles. The van der Waals surface area contributed by atoms with Crippen molar-refractivity contribution in [2.45, 2.75) is 81.7 Å². The number of rotatable bonds is 6. The van der Waals surface area contributed by atoms with Crippen LogP contribution in [0.5, 0.6) is 0 Å². The monoisotopic (exact) mass is 505 g/mol. The maximum atomic E-state index is 12.5. The molecule has 1 aliphatic carbocycles. The molecule has 1 aliphatic rings. The van der Waals surface area contributed by atoms with E-state index in [-0.39, 0.29) is 11.5 Å². The smallest absolute Gasteiger partial charge is 0.208 e. The van der Waals surface area contributed by atoms with Gasteiger partial charge in [-0.25, -0.2) is 4.99 Å². The Balaban J connectivity index is 0.000000873. The fraction of sp³-hybridized carbons (Fsp3) is 0.438. The van der Waals surface area contributed by atoms with Gasteiger partial charge in [0.15, 0.2) is 0 Å². The molecule has 5 nitrogen and oxygen atoms in total. The minimum atomic E-state index is -0.304. The molecule has 0 amide bonds. The second-order valence-corrected chi connectivity index (χ2v) is 10.2. The van der Waals surface area contributed by atoms with E-state index in [1.54, 1.807) is 6.92 Å². The number of carbonyl (C=O) groups is 1. The molecule has 37 heavy (non-hydrogen) atoms. The number of hydrogen-bond acceptors (Lipinski definition) is 5. The van der Waals surface area contributed by atoms with Gasteiger partial charge in [-0.2, -0.15) is 0 Å². The van der Waals surface area contributed by atoms with Crippen molar-refractivity contribution in [3.8, 4) is 0 Å². The first-order chi connectivity index (χ1) is 17.4. The van der Waals surface area contributed by atoms with Crippen LogP contribution in [0.2, 0.25) is 0 Å². The molecule has 0 aliphatic heterocycles. The summed E-state index contributed by atoms with van der Waals surface area (Å²) in [5.41, 5.74) is 5.23. The van der Waals surface area contributed by atoms with Gasteiger partial charge in [0, 0.05) is 35.6 Å². The standard InChI is InChI=1S/C25H29N3O2.C4H10.C3H8/c1-6-28(16(2)3)21-13-11-20(12-14-21)27-25-18(5)24(22(29)15-23(25)30)26-19-9-7-17(4)8-10-19;1-4(2)3;1-3-2/h7-16,27,30H,6H2,1-5H3;4H,1-3H3;3H2,1-2H3. The molecule has 5 heteroatoms. The first-order valence-electron chi connectivity index (χ1n) is 13.4. The lowest BCUT2D eigenvalue weighted by molar-refractivity contribution is -0.109. The van der Waals surface area contributed by atoms with Crippen LogP contribution < -0.4 is 10.2 Å². The van der Waals surface area contributed by atoms with Gasteiger partial charge in [-0.05, 0) is 76.9 Å². The van der Waals surface area contributed by atoms with Crippen molar-refractivity contribution < 1.29 is 9.90 Å². The van der Waals surface area contributed by atoms with E-state index in [1.807, 2.05) is 43.3 Å². The van der Waals surface area contributed by atoms with Crippen molar-refractivity contribution in [3.05, 3.63) is 77.2 Å². The van der Waals surface area contributed by atoms with E-state index in [1.165, 1.54) is 12.5 Å². The lowest BCUT2D eigenvalue weighted by atomic mass is 9.98. The van der Waals surface area contributed by atoms with Gasteiger partial charge in [0.25, 0.3) is 0 Å². The summed E-state index contributed by atoms with van der Waals surface area (Å²) < 4.78 is 0. The van der Waals surface area contributed by atoms with Crippen LogP contribution in [0.3, 0.4) is 0 Å². The average molecular weight is 506 g/mol. The molecule has 0 saturated carbocycles. The van der Waals surface area contributed by atoms with Crippen LogP contribution in [0.15, 0.2) is 76.6 Å². The number of aliphatic hydroxyl groups excluding tert-OH is 1. The van der Waals surface area contributed by atoms with Crippen molar-refractivity contribution >= 4 is 28.6 Å². The largest absolute Gasteiger partial charge is 0.506 e. The highest BCUT2D eigenvalue weighted by atomic mass is 16.3. The number of benzene rings is 2. The number of aryl methyl sites for hydroxylation is 1. The highest BCUT2D eigenvalue weighted by Gasteiger charge is 2.24. The van der Waals surface area contributed by atoms with E-state index < -0.39 is 0 Å². The minimum Gasteiger partial charge on any atom is -0.506 e. The molecule has 0 atom stereocenters. The number of allylic oxidation sites excluding steroid dienone is 2. The van der Waals surface area contributed by atoms with Crippen LogP contribution in [0, 0.1) is 12.8 Å². The summed E-state index contributed by atoms with van der Waals surface area (Å²) in [6.07, 6.45) is 2.47. The molecular formula is C32H47N3O2. The predicted molar refractivity (Wildman–Crippen MR) is 161 cm³/mol. The summed E-state index contributed by atoms with van der Waals surface area (Å²) in [6.45, 7) is 21.9. The van der Waals surface area contributed by atoms with Crippen LogP contribution in [0.1, 0.15) is 74.3 Å². The van der Waals surface area contributed by atoms with Crippen LogP contribution in [-0.4, -0.2) is 29.2 Å². The van der Waals surface area contributed by atoms with Gasteiger partial charge in [-0.1, -0.05) is 58.7 Å². The summed E-state index contributed by atoms with van der Waals surface area (Å²) in [6, 6.07) is 16.1. The zero-order chi connectivity index (χ0) is 28.1. The highest BCUT2D eigenvalue weighted by Crippen LogP contribution is 2.26. The third-order valence-electron chi connectivity index (χ3n) is 5.19. The van der Waals surface area contributed by atoms with Crippen molar-refractivity contribution in [2.75, 3.05) is 16.8 Å². The Morgan fingerprint density at radius 2 is 1.41 bits per heavy atom. The Morgan fingerprint density at radius 3 is 1.86 bits per heavy atom. The third kappa shape index (κ3) is 10.3. The predicted octanol–water partition coefficient (Wildman–Crippen LogP) is 8.79.